The van der Waals surface area contributed by atoms with Crippen LogP contribution in [-0.4, -0.2) is 43.7 Å². The quantitative estimate of drug-likeness (QED) is 0.443. The first-order valence-electron chi connectivity index (χ1n) is 12.5. The molecule has 36 heavy (non-hydrogen) atoms. The van der Waals surface area contributed by atoms with Crippen molar-refractivity contribution in [1.29, 1.82) is 0 Å². The van der Waals surface area contributed by atoms with Crippen LogP contribution in [-0.2, 0) is 4.79 Å². The lowest BCUT2D eigenvalue weighted by atomic mass is 9.96. The van der Waals surface area contributed by atoms with Crippen LogP contribution in [0.3, 0.4) is 0 Å². The molecule has 1 saturated heterocycles. The predicted molar refractivity (Wildman–Crippen MR) is 143 cm³/mol. The number of hydrogen-bond donors (Lipinski definition) is 1. The molecule has 0 bridgehead atoms. The number of nitrogens with one attached hydrogen (secondary N) is 1. The number of aromatic nitrogens is 5. The van der Waals surface area contributed by atoms with E-state index in [1.807, 2.05) is 39.0 Å². The summed E-state index contributed by atoms with van der Waals surface area (Å²) >= 11 is 0. The Hall–Kier alpha value is -3.81. The Balaban J connectivity index is 1.35. The second-order valence-corrected chi connectivity index (χ2v) is 10.1. The third kappa shape index (κ3) is 4.67. The van der Waals surface area contributed by atoms with Gasteiger partial charge in [-0.2, -0.15) is 9.78 Å². The first-order valence-corrected chi connectivity index (χ1v) is 12.5. The second kappa shape index (κ2) is 9.33. The Labute approximate surface area is 211 Å². The average molecular weight is 484 g/mol. The molecule has 1 aromatic carbocycles. The Morgan fingerprint density at radius 2 is 1.53 bits per heavy atom. The van der Waals surface area contributed by atoms with Crippen molar-refractivity contribution in [2.45, 2.75) is 54.4 Å². The van der Waals surface area contributed by atoms with Crippen LogP contribution >= 0.6 is 0 Å². The van der Waals surface area contributed by atoms with E-state index in [0.29, 0.717) is 11.6 Å². The molecule has 1 aliphatic heterocycles. The number of carbonyl (C=O) groups is 1. The zero-order valence-electron chi connectivity index (χ0n) is 21.9. The molecule has 4 heterocycles. The number of fused-ring (bicyclic) bond motifs is 1. The molecule has 0 radical (unpaired) electrons. The van der Waals surface area contributed by atoms with Gasteiger partial charge in [-0.3, -0.25) is 4.79 Å². The van der Waals surface area contributed by atoms with Crippen LogP contribution in [0.4, 0.5) is 11.8 Å². The molecule has 1 N–H and O–H groups in total. The maximum absolute atomic E-state index is 13.3. The molecule has 3 aromatic heterocycles. The smallest absolute Gasteiger partial charge is 0.228 e. The van der Waals surface area contributed by atoms with E-state index in [1.54, 1.807) is 4.68 Å². The van der Waals surface area contributed by atoms with E-state index in [2.05, 4.69) is 58.2 Å². The highest BCUT2D eigenvalue weighted by Crippen LogP contribution is 2.27. The second-order valence-electron chi connectivity index (χ2n) is 10.1. The summed E-state index contributed by atoms with van der Waals surface area (Å²) < 4.78 is 1.75. The average Bonchev–Trinajstić information content (AvgIpc) is 3.19. The van der Waals surface area contributed by atoms with Gasteiger partial charge in [0.25, 0.3) is 0 Å². The molecule has 1 aliphatic rings. The Morgan fingerprint density at radius 1 is 0.833 bits per heavy atom. The Bertz CT molecular complexity index is 1440. The molecule has 0 spiro atoms. The number of benzene rings is 1. The van der Waals surface area contributed by atoms with Gasteiger partial charge < -0.3 is 10.2 Å². The lowest BCUT2D eigenvalue weighted by Gasteiger charge is -2.31. The van der Waals surface area contributed by atoms with Gasteiger partial charge in [-0.1, -0.05) is 11.6 Å². The van der Waals surface area contributed by atoms with Crippen LogP contribution < -0.4 is 10.2 Å². The van der Waals surface area contributed by atoms with Crippen LogP contribution in [0.5, 0.6) is 0 Å². The normalized spacial score (nSPS) is 14.4. The standard InChI is InChI=1S/C28H33N7O/c1-16-11-18(3)26-23(12-16)17(2)13-24(31-26)35-25(15-21(6)33-35)32-27(36)22-7-9-34(10-8-22)28-29-19(4)14-20(5)30-28/h11-15,22H,7-10H2,1-6H3,(H,32,36). The van der Waals surface area contributed by atoms with Gasteiger partial charge in [0.05, 0.1) is 11.2 Å². The molecular weight excluding hydrogens is 450 g/mol. The highest BCUT2D eigenvalue weighted by atomic mass is 16.2. The number of rotatable bonds is 4. The van der Waals surface area contributed by atoms with Gasteiger partial charge in [-0.25, -0.2) is 15.0 Å². The summed E-state index contributed by atoms with van der Waals surface area (Å²) in [7, 11) is 0. The molecule has 186 valence electrons. The molecular formula is C28H33N7O. The van der Waals surface area contributed by atoms with Gasteiger partial charge in [-0.05, 0) is 83.7 Å². The molecule has 0 unspecified atom stereocenters. The fourth-order valence-corrected chi connectivity index (χ4v) is 5.12. The molecule has 5 rings (SSSR count). The molecule has 4 aromatic rings. The van der Waals surface area contributed by atoms with Crippen LogP contribution in [0.25, 0.3) is 16.7 Å². The first kappa shape index (κ1) is 23.9. The van der Waals surface area contributed by atoms with Crippen molar-refractivity contribution in [3.05, 3.63) is 64.1 Å². The fourth-order valence-electron chi connectivity index (χ4n) is 5.12. The van der Waals surface area contributed by atoms with Crippen molar-refractivity contribution in [3.8, 4) is 5.82 Å². The topological polar surface area (TPSA) is 88.8 Å². The predicted octanol–water partition coefficient (Wildman–Crippen LogP) is 4.92. The highest BCUT2D eigenvalue weighted by Gasteiger charge is 2.27. The molecule has 8 nitrogen and oxygen atoms in total. The number of anilines is 2. The number of aryl methyl sites for hydroxylation is 6. The van der Waals surface area contributed by atoms with E-state index >= 15 is 0 Å². The van der Waals surface area contributed by atoms with Crippen LogP contribution in [0.1, 0.15) is 46.6 Å². The summed E-state index contributed by atoms with van der Waals surface area (Å²) in [5.41, 5.74) is 7.19. The van der Waals surface area contributed by atoms with Crippen LogP contribution in [0, 0.1) is 47.5 Å². The first-order chi connectivity index (χ1) is 17.2. The molecule has 0 saturated carbocycles. The lowest BCUT2D eigenvalue weighted by Crippen LogP contribution is -2.39. The third-order valence-corrected chi connectivity index (χ3v) is 6.86. The third-order valence-electron chi connectivity index (χ3n) is 6.86. The van der Waals surface area contributed by atoms with Gasteiger partial charge in [0.15, 0.2) is 5.82 Å². The SMILES string of the molecule is Cc1cc(C)c2nc(-n3nc(C)cc3NC(=O)C3CCN(c4nc(C)cc(C)n4)CC3)cc(C)c2c1. The monoisotopic (exact) mass is 483 g/mol. The van der Waals surface area contributed by atoms with E-state index in [1.165, 1.54) is 5.56 Å². The van der Waals surface area contributed by atoms with E-state index in [-0.39, 0.29) is 11.8 Å². The molecule has 0 aliphatic carbocycles. The number of amides is 1. The van der Waals surface area contributed by atoms with Gasteiger partial charge in [0, 0.05) is 41.8 Å². The summed E-state index contributed by atoms with van der Waals surface area (Å²) in [5.74, 6) is 2.04. The van der Waals surface area contributed by atoms with E-state index < -0.39 is 0 Å². The molecule has 1 amide bonds. The van der Waals surface area contributed by atoms with Crippen molar-refractivity contribution in [3.63, 3.8) is 0 Å². The van der Waals surface area contributed by atoms with Crippen LogP contribution in [0.15, 0.2) is 30.3 Å². The zero-order valence-corrected chi connectivity index (χ0v) is 21.9. The minimum atomic E-state index is -0.0765. The van der Waals surface area contributed by atoms with E-state index in [4.69, 9.17) is 4.98 Å². The van der Waals surface area contributed by atoms with Gasteiger partial charge in [0.2, 0.25) is 11.9 Å². The number of piperidine rings is 1. The van der Waals surface area contributed by atoms with E-state index in [0.717, 1.165) is 71.0 Å². The van der Waals surface area contributed by atoms with Crippen molar-refractivity contribution in [2.24, 2.45) is 5.92 Å². The summed E-state index contributed by atoms with van der Waals surface area (Å²) in [4.78, 5) is 29.5. The van der Waals surface area contributed by atoms with Gasteiger partial charge in [0.1, 0.15) is 5.82 Å². The summed E-state index contributed by atoms with van der Waals surface area (Å²) in [5, 5.41) is 8.94. The van der Waals surface area contributed by atoms with Crippen molar-refractivity contribution in [1.82, 2.24) is 24.7 Å². The minimum absolute atomic E-state index is 0.0152. The van der Waals surface area contributed by atoms with Gasteiger partial charge >= 0.3 is 0 Å². The summed E-state index contributed by atoms with van der Waals surface area (Å²) in [6.45, 7) is 13.7. The molecule has 8 heteroatoms. The maximum Gasteiger partial charge on any atom is 0.228 e. The van der Waals surface area contributed by atoms with Crippen molar-refractivity contribution < 1.29 is 4.79 Å². The Kier molecular flexibility index (Phi) is 6.20. The fraction of sp³-hybridized carbons (Fsp3) is 0.393. The lowest BCUT2D eigenvalue weighted by molar-refractivity contribution is -0.120. The van der Waals surface area contributed by atoms with Crippen LogP contribution in [0.2, 0.25) is 0 Å². The number of nitrogens with zero attached hydrogens (tertiary/aromatic N) is 6. The zero-order chi connectivity index (χ0) is 25.6. The van der Waals surface area contributed by atoms with Crippen molar-refractivity contribution in [2.75, 3.05) is 23.3 Å². The Morgan fingerprint density at radius 3 is 2.22 bits per heavy atom. The number of carbonyl (C=O) groups excluding carboxylic acids is 1. The largest absolute Gasteiger partial charge is 0.341 e. The number of pyridine rings is 1. The molecule has 1 fully saturated rings. The summed E-state index contributed by atoms with van der Waals surface area (Å²) in [6, 6.07) is 10.2. The highest BCUT2D eigenvalue weighted by molar-refractivity contribution is 5.92. The minimum Gasteiger partial charge on any atom is -0.341 e. The summed E-state index contributed by atoms with van der Waals surface area (Å²) in [6.07, 6.45) is 1.50. The molecule has 0 atom stereocenters. The number of hydrogen-bond acceptors (Lipinski definition) is 6. The van der Waals surface area contributed by atoms with Crippen molar-refractivity contribution >= 4 is 28.6 Å². The maximum atomic E-state index is 13.3. The van der Waals surface area contributed by atoms with E-state index in [9.17, 15) is 4.79 Å². The van der Waals surface area contributed by atoms with Gasteiger partial charge in [-0.15, -0.1) is 0 Å².